The SMILES string of the molecule is COc1cc(CCCO)c(SC)cc1OC. The van der Waals surface area contributed by atoms with Crippen LogP contribution in [0.3, 0.4) is 0 Å². The van der Waals surface area contributed by atoms with Gasteiger partial charge in [0, 0.05) is 11.5 Å². The van der Waals surface area contributed by atoms with Gasteiger partial charge in [-0.1, -0.05) is 0 Å². The molecule has 0 bridgehead atoms. The van der Waals surface area contributed by atoms with Crippen molar-refractivity contribution in [1.82, 2.24) is 0 Å². The zero-order chi connectivity index (χ0) is 12.0. The summed E-state index contributed by atoms with van der Waals surface area (Å²) in [7, 11) is 3.27. The number of aliphatic hydroxyl groups is 1. The molecule has 1 aromatic carbocycles. The number of benzene rings is 1. The van der Waals surface area contributed by atoms with Crippen LogP contribution in [-0.4, -0.2) is 32.2 Å². The summed E-state index contributed by atoms with van der Waals surface area (Å²) >= 11 is 1.68. The van der Waals surface area contributed by atoms with E-state index in [4.69, 9.17) is 14.6 Å². The third kappa shape index (κ3) is 3.06. The average molecular weight is 242 g/mol. The molecule has 0 radical (unpaired) electrons. The Bertz CT molecular complexity index is 339. The van der Waals surface area contributed by atoms with Crippen LogP contribution in [0.1, 0.15) is 12.0 Å². The van der Waals surface area contributed by atoms with Crippen LogP contribution in [0.5, 0.6) is 11.5 Å². The first-order valence-electron chi connectivity index (χ1n) is 5.16. The standard InChI is InChI=1S/C12H18O3S/c1-14-10-7-9(5-4-6-13)12(16-3)8-11(10)15-2/h7-8,13H,4-6H2,1-3H3. The van der Waals surface area contributed by atoms with Crippen molar-refractivity contribution < 1.29 is 14.6 Å². The third-order valence-electron chi connectivity index (χ3n) is 2.39. The first kappa shape index (κ1) is 13.2. The van der Waals surface area contributed by atoms with E-state index in [1.165, 1.54) is 10.5 Å². The molecule has 0 aromatic heterocycles. The van der Waals surface area contributed by atoms with Gasteiger partial charge in [-0.3, -0.25) is 0 Å². The molecule has 0 fully saturated rings. The highest BCUT2D eigenvalue weighted by atomic mass is 32.2. The first-order valence-corrected chi connectivity index (χ1v) is 6.39. The van der Waals surface area contributed by atoms with Crippen molar-refractivity contribution in [3.8, 4) is 11.5 Å². The minimum absolute atomic E-state index is 0.210. The van der Waals surface area contributed by atoms with Gasteiger partial charge < -0.3 is 14.6 Å². The first-order chi connectivity index (χ1) is 7.76. The molecule has 1 N–H and O–H groups in total. The van der Waals surface area contributed by atoms with E-state index >= 15 is 0 Å². The maximum absolute atomic E-state index is 8.86. The summed E-state index contributed by atoms with van der Waals surface area (Å²) < 4.78 is 10.5. The van der Waals surface area contributed by atoms with Crippen molar-refractivity contribution in [2.24, 2.45) is 0 Å². The molecule has 1 rings (SSSR count). The van der Waals surface area contributed by atoms with Crippen LogP contribution in [0.4, 0.5) is 0 Å². The lowest BCUT2D eigenvalue weighted by Gasteiger charge is -2.13. The molecule has 0 amide bonds. The highest BCUT2D eigenvalue weighted by Gasteiger charge is 2.10. The van der Waals surface area contributed by atoms with Crippen LogP contribution < -0.4 is 9.47 Å². The summed E-state index contributed by atoms with van der Waals surface area (Å²) in [5.41, 5.74) is 1.19. The molecule has 90 valence electrons. The molecule has 16 heavy (non-hydrogen) atoms. The van der Waals surface area contributed by atoms with Crippen molar-refractivity contribution >= 4 is 11.8 Å². The predicted molar refractivity (Wildman–Crippen MR) is 66.7 cm³/mol. The quantitative estimate of drug-likeness (QED) is 0.777. The van der Waals surface area contributed by atoms with Gasteiger partial charge >= 0.3 is 0 Å². The van der Waals surface area contributed by atoms with Crippen molar-refractivity contribution in [2.45, 2.75) is 17.7 Å². The van der Waals surface area contributed by atoms with Crippen molar-refractivity contribution in [3.05, 3.63) is 17.7 Å². The number of aliphatic hydroxyl groups excluding tert-OH is 1. The second-order valence-corrected chi connectivity index (χ2v) is 4.19. The molecule has 0 unspecified atom stereocenters. The summed E-state index contributed by atoms with van der Waals surface area (Å²) in [6, 6.07) is 3.97. The van der Waals surface area contributed by atoms with Crippen LogP contribution in [0.25, 0.3) is 0 Å². The highest BCUT2D eigenvalue weighted by molar-refractivity contribution is 7.98. The molecule has 0 aliphatic carbocycles. The average Bonchev–Trinajstić information content (AvgIpc) is 2.35. The number of ether oxygens (including phenoxy) is 2. The molecular weight excluding hydrogens is 224 g/mol. The van der Waals surface area contributed by atoms with Gasteiger partial charge in [-0.2, -0.15) is 0 Å². The molecule has 0 saturated heterocycles. The molecule has 0 saturated carbocycles. The molecule has 3 nitrogen and oxygen atoms in total. The number of methoxy groups -OCH3 is 2. The van der Waals surface area contributed by atoms with Gasteiger partial charge in [-0.25, -0.2) is 0 Å². The van der Waals surface area contributed by atoms with Gasteiger partial charge in [0.2, 0.25) is 0 Å². The van der Waals surface area contributed by atoms with Gasteiger partial charge in [0.1, 0.15) is 0 Å². The lowest BCUT2D eigenvalue weighted by Crippen LogP contribution is -1.96. The third-order valence-corrected chi connectivity index (χ3v) is 3.21. The fourth-order valence-electron chi connectivity index (χ4n) is 1.56. The Morgan fingerprint density at radius 3 is 2.31 bits per heavy atom. The number of hydrogen-bond acceptors (Lipinski definition) is 4. The topological polar surface area (TPSA) is 38.7 Å². The van der Waals surface area contributed by atoms with E-state index in [0.717, 1.165) is 24.3 Å². The van der Waals surface area contributed by atoms with E-state index in [0.29, 0.717) is 0 Å². The molecule has 0 aliphatic rings. The summed E-state index contributed by atoms with van der Waals surface area (Å²) in [6.07, 6.45) is 3.65. The largest absolute Gasteiger partial charge is 0.493 e. The van der Waals surface area contributed by atoms with Crippen LogP contribution >= 0.6 is 11.8 Å². The van der Waals surface area contributed by atoms with Crippen LogP contribution in [0, 0.1) is 0 Å². The lowest BCUT2D eigenvalue weighted by molar-refractivity contribution is 0.288. The van der Waals surface area contributed by atoms with Gasteiger partial charge in [-0.05, 0) is 36.8 Å². The van der Waals surface area contributed by atoms with Gasteiger partial charge in [-0.15, -0.1) is 11.8 Å². The number of thioether (sulfide) groups is 1. The molecule has 0 spiro atoms. The molecule has 0 atom stereocenters. The maximum Gasteiger partial charge on any atom is 0.161 e. The van der Waals surface area contributed by atoms with E-state index in [1.807, 2.05) is 18.4 Å². The Morgan fingerprint density at radius 1 is 1.19 bits per heavy atom. The number of hydrogen-bond donors (Lipinski definition) is 1. The van der Waals surface area contributed by atoms with Crippen LogP contribution in [0.15, 0.2) is 17.0 Å². The zero-order valence-electron chi connectivity index (χ0n) is 9.95. The van der Waals surface area contributed by atoms with Crippen molar-refractivity contribution in [1.29, 1.82) is 0 Å². The molecule has 0 aliphatic heterocycles. The summed E-state index contributed by atoms with van der Waals surface area (Å²) in [4.78, 5) is 1.17. The van der Waals surface area contributed by atoms with Gasteiger partial charge in [0.05, 0.1) is 14.2 Å². The summed E-state index contributed by atoms with van der Waals surface area (Å²) in [6.45, 7) is 0.210. The molecule has 1 aromatic rings. The van der Waals surface area contributed by atoms with Crippen molar-refractivity contribution in [3.63, 3.8) is 0 Å². The Hall–Kier alpha value is -0.870. The van der Waals surface area contributed by atoms with E-state index in [1.54, 1.807) is 26.0 Å². The fraction of sp³-hybridized carbons (Fsp3) is 0.500. The summed E-state index contributed by atoms with van der Waals surface area (Å²) in [5, 5.41) is 8.86. The smallest absolute Gasteiger partial charge is 0.161 e. The van der Waals surface area contributed by atoms with Gasteiger partial charge in [0.25, 0.3) is 0 Å². The fourth-order valence-corrected chi connectivity index (χ4v) is 2.21. The Kier molecular flexibility index (Phi) is 5.49. The lowest BCUT2D eigenvalue weighted by atomic mass is 10.1. The van der Waals surface area contributed by atoms with Crippen LogP contribution in [0.2, 0.25) is 0 Å². The van der Waals surface area contributed by atoms with E-state index in [-0.39, 0.29) is 6.61 Å². The molecular formula is C12H18O3S. The van der Waals surface area contributed by atoms with Gasteiger partial charge in [0.15, 0.2) is 11.5 Å². The summed E-state index contributed by atoms with van der Waals surface area (Å²) in [5.74, 6) is 1.49. The van der Waals surface area contributed by atoms with E-state index in [9.17, 15) is 0 Å². The normalized spacial score (nSPS) is 10.2. The zero-order valence-corrected chi connectivity index (χ0v) is 10.8. The minimum Gasteiger partial charge on any atom is -0.493 e. The second kappa shape index (κ2) is 6.66. The van der Waals surface area contributed by atoms with E-state index < -0.39 is 0 Å². The molecule has 0 heterocycles. The van der Waals surface area contributed by atoms with Crippen LogP contribution in [-0.2, 0) is 6.42 Å². The Balaban J connectivity index is 3.05. The Morgan fingerprint density at radius 2 is 1.81 bits per heavy atom. The monoisotopic (exact) mass is 242 g/mol. The van der Waals surface area contributed by atoms with E-state index in [2.05, 4.69) is 0 Å². The predicted octanol–water partition coefficient (Wildman–Crippen LogP) is 2.35. The second-order valence-electron chi connectivity index (χ2n) is 3.35. The molecule has 4 heteroatoms. The van der Waals surface area contributed by atoms with Crippen molar-refractivity contribution in [2.75, 3.05) is 27.1 Å². The highest BCUT2D eigenvalue weighted by Crippen LogP contribution is 2.34. The maximum atomic E-state index is 8.86. The Labute approximate surface area is 101 Å². The number of rotatable bonds is 6. The number of aryl methyl sites for hydroxylation is 1. The minimum atomic E-state index is 0.210.